The molecule has 3 nitrogen and oxygen atoms in total. The minimum Gasteiger partial charge on any atom is -0.465 e. The first-order chi connectivity index (χ1) is 13.7. The maximum Gasteiger partial charge on any atom is 0.323 e. The average Bonchev–Trinajstić information content (AvgIpc) is 2.64. The lowest BCUT2D eigenvalue weighted by Crippen LogP contribution is -2.39. The van der Waals surface area contributed by atoms with Gasteiger partial charge in [-0.1, -0.05) is 67.0 Å². The van der Waals surface area contributed by atoms with Crippen molar-refractivity contribution in [3.63, 3.8) is 0 Å². The van der Waals surface area contributed by atoms with Crippen molar-refractivity contribution in [2.24, 2.45) is 5.41 Å². The highest BCUT2D eigenvalue weighted by Gasteiger charge is 2.26. The molecule has 0 aliphatic heterocycles. The average molecular weight is 418 g/mol. The van der Waals surface area contributed by atoms with E-state index in [1.807, 2.05) is 0 Å². The quantitative estimate of drug-likeness (QED) is 0.261. The van der Waals surface area contributed by atoms with Crippen molar-refractivity contribution in [3.8, 4) is 0 Å². The molecule has 0 unspecified atom stereocenters. The zero-order chi connectivity index (χ0) is 21.9. The predicted octanol–water partition coefficient (Wildman–Crippen LogP) is 5.97. The molecule has 0 saturated carbocycles. The number of carbonyl (C=O) groups is 1. The van der Waals surface area contributed by atoms with Crippen LogP contribution in [0.5, 0.6) is 0 Å². The number of allylic oxidation sites excluding steroid dienone is 9. The second kappa shape index (κ2) is 12.9. The summed E-state index contributed by atoms with van der Waals surface area (Å²) in [7, 11) is 0. The normalized spacial score (nSPS) is 19.3. The summed E-state index contributed by atoms with van der Waals surface area (Å²) in [5.41, 5.74) is 5.65. The molecule has 162 valence electrons. The van der Waals surface area contributed by atoms with Crippen molar-refractivity contribution in [2.75, 3.05) is 18.9 Å². The minimum absolute atomic E-state index is 0.249. The van der Waals surface area contributed by atoms with E-state index in [0.29, 0.717) is 18.9 Å². The van der Waals surface area contributed by atoms with Crippen LogP contribution in [-0.2, 0) is 9.53 Å². The van der Waals surface area contributed by atoms with Crippen LogP contribution >= 0.6 is 12.6 Å². The van der Waals surface area contributed by atoms with Crippen molar-refractivity contribution in [1.29, 1.82) is 0 Å². The summed E-state index contributed by atoms with van der Waals surface area (Å²) >= 11 is 4.21. The summed E-state index contributed by atoms with van der Waals surface area (Å²) in [6, 6.07) is -0.375. The molecule has 1 aliphatic carbocycles. The largest absolute Gasteiger partial charge is 0.465 e. The van der Waals surface area contributed by atoms with Crippen molar-refractivity contribution in [2.45, 2.75) is 66.8 Å². The topological polar surface area (TPSA) is 38.3 Å². The molecule has 1 rings (SSSR count). The van der Waals surface area contributed by atoms with Crippen LogP contribution in [0.15, 0.2) is 58.7 Å². The van der Waals surface area contributed by atoms with E-state index in [4.69, 9.17) is 4.74 Å². The number of ether oxygens (including phenoxy) is 1. The molecule has 0 aromatic carbocycles. The third-order valence-corrected chi connectivity index (χ3v) is 5.68. The molecule has 1 atom stereocenters. The fourth-order valence-corrected chi connectivity index (χ4v) is 3.81. The lowest BCUT2D eigenvalue weighted by atomic mass is 9.72. The number of esters is 1. The van der Waals surface area contributed by atoms with Crippen LogP contribution in [0.1, 0.15) is 60.8 Å². The Morgan fingerprint density at radius 1 is 1.28 bits per heavy atom. The smallest absolute Gasteiger partial charge is 0.323 e. The van der Waals surface area contributed by atoms with Gasteiger partial charge in [-0.2, -0.15) is 12.6 Å². The van der Waals surface area contributed by atoms with Crippen molar-refractivity contribution < 1.29 is 9.53 Å². The van der Waals surface area contributed by atoms with Crippen molar-refractivity contribution in [1.82, 2.24) is 5.32 Å². The summed E-state index contributed by atoms with van der Waals surface area (Å²) in [5.74, 6) is 0.170. The SMILES string of the molecule is CCOC(=O)[C@H](CS)NC/C=C(C)/C=C/C=C(C)/C=C/C1=C(C)CCCC1(C)C. The zero-order valence-corrected chi connectivity index (χ0v) is 19.9. The molecule has 0 aromatic rings. The Labute approximate surface area is 183 Å². The van der Waals surface area contributed by atoms with E-state index in [1.165, 1.54) is 36.0 Å². The number of hydrogen-bond donors (Lipinski definition) is 2. The molecular formula is C25H39NO2S. The number of hydrogen-bond acceptors (Lipinski definition) is 4. The predicted molar refractivity (Wildman–Crippen MR) is 128 cm³/mol. The van der Waals surface area contributed by atoms with E-state index >= 15 is 0 Å². The molecule has 1 N–H and O–H groups in total. The fourth-order valence-electron chi connectivity index (χ4n) is 3.53. The molecule has 1 aliphatic rings. The van der Waals surface area contributed by atoms with Gasteiger partial charge in [-0.3, -0.25) is 4.79 Å². The highest BCUT2D eigenvalue weighted by Crippen LogP contribution is 2.40. The van der Waals surface area contributed by atoms with Gasteiger partial charge in [0.1, 0.15) is 6.04 Å². The molecule has 0 bridgehead atoms. The van der Waals surface area contributed by atoms with Crippen LogP contribution < -0.4 is 5.32 Å². The van der Waals surface area contributed by atoms with E-state index in [-0.39, 0.29) is 17.4 Å². The Morgan fingerprint density at radius 3 is 2.62 bits per heavy atom. The first-order valence-corrected chi connectivity index (χ1v) is 11.3. The molecule has 0 saturated heterocycles. The highest BCUT2D eigenvalue weighted by molar-refractivity contribution is 7.80. The van der Waals surface area contributed by atoms with Crippen LogP contribution in [0.4, 0.5) is 0 Å². The van der Waals surface area contributed by atoms with E-state index in [1.54, 1.807) is 6.92 Å². The van der Waals surface area contributed by atoms with Gasteiger partial charge >= 0.3 is 5.97 Å². The standard InChI is InChI=1S/C25H39NO2S/c1-7-28-24(27)23(18-29)26-17-15-20(3)11-8-10-19(2)13-14-22-21(4)12-9-16-25(22,5)6/h8,10-11,13-15,23,26,29H,7,9,12,16-18H2,1-6H3/b11-8+,14-13+,19-10+,20-15+/t23-/m0/s1. The third-order valence-electron chi connectivity index (χ3n) is 5.32. The van der Waals surface area contributed by atoms with Crippen LogP contribution in [0.2, 0.25) is 0 Å². The summed E-state index contributed by atoms with van der Waals surface area (Å²) in [6.45, 7) is 13.9. The molecule has 0 radical (unpaired) electrons. The summed E-state index contributed by atoms with van der Waals surface area (Å²) in [6.07, 6.45) is 16.6. The van der Waals surface area contributed by atoms with E-state index < -0.39 is 0 Å². The van der Waals surface area contributed by atoms with Crippen molar-refractivity contribution >= 4 is 18.6 Å². The molecule has 4 heteroatoms. The molecule has 0 amide bonds. The summed E-state index contributed by atoms with van der Waals surface area (Å²) in [5, 5.41) is 3.16. The Balaban J connectivity index is 2.60. The van der Waals surface area contributed by atoms with Gasteiger partial charge in [-0.15, -0.1) is 0 Å². The summed E-state index contributed by atoms with van der Waals surface area (Å²) in [4.78, 5) is 11.7. The Hall–Kier alpha value is -1.52. The van der Waals surface area contributed by atoms with Crippen LogP contribution in [-0.4, -0.2) is 30.9 Å². The Kier molecular flexibility index (Phi) is 11.4. The minimum atomic E-state index is -0.375. The van der Waals surface area contributed by atoms with Gasteiger partial charge in [0.15, 0.2) is 0 Å². The van der Waals surface area contributed by atoms with Crippen LogP contribution in [0.3, 0.4) is 0 Å². The first-order valence-electron chi connectivity index (χ1n) is 10.6. The second-order valence-electron chi connectivity index (χ2n) is 8.38. The van der Waals surface area contributed by atoms with Gasteiger partial charge < -0.3 is 10.1 Å². The molecule has 0 heterocycles. The lowest BCUT2D eigenvalue weighted by Gasteiger charge is -2.32. The van der Waals surface area contributed by atoms with Crippen molar-refractivity contribution in [3.05, 3.63) is 58.7 Å². The lowest BCUT2D eigenvalue weighted by molar-refractivity contribution is -0.144. The molecule has 0 spiro atoms. The fraction of sp³-hybridized carbons (Fsp3) is 0.560. The van der Waals surface area contributed by atoms with Crippen LogP contribution in [0, 0.1) is 5.41 Å². The third kappa shape index (κ3) is 9.22. The van der Waals surface area contributed by atoms with Gasteiger partial charge in [0, 0.05) is 12.3 Å². The van der Waals surface area contributed by atoms with E-state index in [2.05, 4.69) is 89.0 Å². The molecular weight excluding hydrogens is 378 g/mol. The van der Waals surface area contributed by atoms with Gasteiger partial charge in [-0.05, 0) is 57.9 Å². The summed E-state index contributed by atoms with van der Waals surface area (Å²) < 4.78 is 5.03. The maximum atomic E-state index is 11.7. The zero-order valence-electron chi connectivity index (χ0n) is 19.0. The Bertz CT molecular complexity index is 696. The Morgan fingerprint density at radius 2 is 2.00 bits per heavy atom. The van der Waals surface area contributed by atoms with Gasteiger partial charge in [0.05, 0.1) is 6.61 Å². The van der Waals surface area contributed by atoms with Gasteiger partial charge in [-0.25, -0.2) is 0 Å². The number of nitrogens with one attached hydrogen (secondary N) is 1. The first kappa shape index (κ1) is 25.5. The molecule has 29 heavy (non-hydrogen) atoms. The molecule has 0 fully saturated rings. The highest BCUT2D eigenvalue weighted by atomic mass is 32.1. The molecule has 0 aromatic heterocycles. The van der Waals surface area contributed by atoms with Crippen LogP contribution in [0.25, 0.3) is 0 Å². The number of rotatable bonds is 10. The van der Waals surface area contributed by atoms with E-state index in [0.717, 1.165) is 5.57 Å². The maximum absolute atomic E-state index is 11.7. The second-order valence-corrected chi connectivity index (χ2v) is 8.74. The van der Waals surface area contributed by atoms with E-state index in [9.17, 15) is 4.79 Å². The number of thiol groups is 1. The van der Waals surface area contributed by atoms with Gasteiger partial charge in [0.2, 0.25) is 0 Å². The monoisotopic (exact) mass is 417 g/mol. The number of carbonyl (C=O) groups excluding carboxylic acids is 1. The van der Waals surface area contributed by atoms with Gasteiger partial charge in [0.25, 0.3) is 0 Å².